The van der Waals surface area contributed by atoms with Gasteiger partial charge in [0.1, 0.15) is 0 Å². The molecule has 80 valence electrons. The molecule has 0 aliphatic heterocycles. The highest BCUT2D eigenvalue weighted by molar-refractivity contribution is 9.10. The van der Waals surface area contributed by atoms with Gasteiger partial charge < -0.3 is 5.32 Å². The Bertz CT molecular complexity index is 411. The van der Waals surface area contributed by atoms with Gasteiger partial charge in [-0.3, -0.25) is 15.0 Å². The van der Waals surface area contributed by atoms with Crippen LogP contribution < -0.4 is 16.6 Å². The molecule has 1 aromatic carbocycles. The molecule has 15 heavy (non-hydrogen) atoms. The van der Waals surface area contributed by atoms with Crippen molar-refractivity contribution in [1.82, 2.24) is 5.43 Å². The van der Waals surface area contributed by atoms with Gasteiger partial charge in [0.05, 0.1) is 10.7 Å². The van der Waals surface area contributed by atoms with Gasteiger partial charge in [0.25, 0.3) is 0 Å². The first kappa shape index (κ1) is 12.0. The SMILES string of the molecule is NNC(=O)C(=O)Nc1ccc(Br)cc1Cl. The van der Waals surface area contributed by atoms with Gasteiger partial charge in [-0.25, -0.2) is 5.84 Å². The predicted octanol–water partition coefficient (Wildman–Crippen LogP) is 1.03. The van der Waals surface area contributed by atoms with Crippen LogP contribution in [0.25, 0.3) is 0 Å². The molecule has 5 nitrogen and oxygen atoms in total. The molecule has 0 heterocycles. The summed E-state index contributed by atoms with van der Waals surface area (Å²) in [4.78, 5) is 21.9. The molecular formula is C8H7BrClN3O2. The third kappa shape index (κ3) is 3.19. The number of hydrogen-bond donors (Lipinski definition) is 3. The van der Waals surface area contributed by atoms with Crippen molar-refractivity contribution in [3.8, 4) is 0 Å². The molecule has 0 spiro atoms. The average Bonchev–Trinajstić information content (AvgIpc) is 2.20. The average molecular weight is 293 g/mol. The first-order chi connectivity index (χ1) is 7.04. The number of halogens is 2. The van der Waals surface area contributed by atoms with Gasteiger partial charge in [0, 0.05) is 4.47 Å². The number of rotatable bonds is 1. The van der Waals surface area contributed by atoms with Crippen molar-refractivity contribution in [2.45, 2.75) is 0 Å². The Kier molecular flexibility index (Phi) is 4.07. The van der Waals surface area contributed by atoms with Crippen molar-refractivity contribution in [3.05, 3.63) is 27.7 Å². The minimum absolute atomic E-state index is 0.322. The monoisotopic (exact) mass is 291 g/mol. The number of amides is 2. The lowest BCUT2D eigenvalue weighted by Gasteiger charge is -2.05. The lowest BCUT2D eigenvalue weighted by Crippen LogP contribution is -2.39. The van der Waals surface area contributed by atoms with E-state index in [0.717, 1.165) is 4.47 Å². The van der Waals surface area contributed by atoms with Crippen LogP contribution in [0.3, 0.4) is 0 Å². The molecule has 0 aliphatic carbocycles. The number of benzene rings is 1. The molecule has 0 atom stereocenters. The Balaban J connectivity index is 2.81. The number of carbonyl (C=O) groups excluding carboxylic acids is 2. The van der Waals surface area contributed by atoms with Crippen LogP contribution in [0.1, 0.15) is 0 Å². The zero-order valence-corrected chi connectivity index (χ0v) is 9.72. The van der Waals surface area contributed by atoms with Crippen molar-refractivity contribution < 1.29 is 9.59 Å². The van der Waals surface area contributed by atoms with Crippen LogP contribution in [0, 0.1) is 0 Å². The van der Waals surface area contributed by atoms with E-state index >= 15 is 0 Å². The van der Waals surface area contributed by atoms with Crippen LogP contribution in [0.4, 0.5) is 5.69 Å². The molecule has 2 amide bonds. The van der Waals surface area contributed by atoms with E-state index in [4.69, 9.17) is 17.4 Å². The molecule has 4 N–H and O–H groups in total. The lowest BCUT2D eigenvalue weighted by atomic mass is 10.3. The van der Waals surface area contributed by atoms with Gasteiger partial charge in [-0.2, -0.15) is 0 Å². The van der Waals surface area contributed by atoms with Crippen LogP contribution in [0.5, 0.6) is 0 Å². The van der Waals surface area contributed by atoms with Gasteiger partial charge in [0.2, 0.25) is 0 Å². The maximum Gasteiger partial charge on any atom is 0.323 e. The van der Waals surface area contributed by atoms with Crippen molar-refractivity contribution in [2.24, 2.45) is 5.84 Å². The Morgan fingerprint density at radius 3 is 2.53 bits per heavy atom. The van der Waals surface area contributed by atoms with Gasteiger partial charge >= 0.3 is 11.8 Å². The summed E-state index contributed by atoms with van der Waals surface area (Å²) in [7, 11) is 0. The number of hydrogen-bond acceptors (Lipinski definition) is 3. The van der Waals surface area contributed by atoms with Crippen molar-refractivity contribution in [3.63, 3.8) is 0 Å². The minimum Gasteiger partial charge on any atom is -0.316 e. The van der Waals surface area contributed by atoms with Crippen molar-refractivity contribution in [2.75, 3.05) is 5.32 Å². The van der Waals surface area contributed by atoms with Crippen LogP contribution in [-0.2, 0) is 9.59 Å². The molecular weight excluding hydrogens is 285 g/mol. The maximum absolute atomic E-state index is 11.1. The molecule has 0 fully saturated rings. The standard InChI is InChI=1S/C8H7BrClN3O2/c9-4-1-2-6(5(10)3-4)12-7(14)8(15)13-11/h1-3H,11H2,(H,12,14)(H,13,15). The Hall–Kier alpha value is -1.11. The third-order valence-electron chi connectivity index (χ3n) is 1.52. The highest BCUT2D eigenvalue weighted by Gasteiger charge is 2.13. The molecule has 0 unspecified atom stereocenters. The molecule has 1 rings (SSSR count). The molecule has 0 bridgehead atoms. The van der Waals surface area contributed by atoms with Crippen molar-refractivity contribution in [1.29, 1.82) is 0 Å². The molecule has 7 heteroatoms. The first-order valence-electron chi connectivity index (χ1n) is 3.81. The van der Waals surface area contributed by atoms with Gasteiger partial charge in [0.15, 0.2) is 0 Å². The van der Waals surface area contributed by atoms with E-state index in [-0.39, 0.29) is 0 Å². The fourth-order valence-corrected chi connectivity index (χ4v) is 1.56. The fraction of sp³-hybridized carbons (Fsp3) is 0. The van der Waals surface area contributed by atoms with Crippen LogP contribution >= 0.6 is 27.5 Å². The highest BCUT2D eigenvalue weighted by atomic mass is 79.9. The molecule has 0 saturated heterocycles. The maximum atomic E-state index is 11.1. The summed E-state index contributed by atoms with van der Waals surface area (Å²) in [5, 5.41) is 2.63. The normalized spacial score (nSPS) is 9.53. The predicted molar refractivity (Wildman–Crippen MR) is 60.1 cm³/mol. The number of carbonyl (C=O) groups is 2. The smallest absolute Gasteiger partial charge is 0.316 e. The van der Waals surface area contributed by atoms with E-state index in [0.29, 0.717) is 10.7 Å². The van der Waals surface area contributed by atoms with Gasteiger partial charge in [-0.1, -0.05) is 27.5 Å². The van der Waals surface area contributed by atoms with Crippen LogP contribution in [-0.4, -0.2) is 11.8 Å². The lowest BCUT2D eigenvalue weighted by molar-refractivity contribution is -0.136. The Morgan fingerprint density at radius 2 is 2.00 bits per heavy atom. The summed E-state index contributed by atoms with van der Waals surface area (Å²) in [5.74, 6) is 2.98. The summed E-state index contributed by atoms with van der Waals surface area (Å²) in [5.41, 5.74) is 2.05. The van der Waals surface area contributed by atoms with Gasteiger partial charge in [-0.15, -0.1) is 0 Å². The largest absolute Gasteiger partial charge is 0.323 e. The summed E-state index contributed by atoms with van der Waals surface area (Å²) in [6.07, 6.45) is 0. The highest BCUT2D eigenvalue weighted by Crippen LogP contribution is 2.25. The second kappa shape index (κ2) is 5.11. The van der Waals surface area contributed by atoms with E-state index in [1.807, 2.05) is 0 Å². The topological polar surface area (TPSA) is 84.2 Å². The number of anilines is 1. The van der Waals surface area contributed by atoms with Crippen LogP contribution in [0.15, 0.2) is 22.7 Å². The Morgan fingerprint density at radius 1 is 1.33 bits per heavy atom. The third-order valence-corrected chi connectivity index (χ3v) is 2.32. The summed E-state index contributed by atoms with van der Waals surface area (Å²) < 4.78 is 0.772. The second-order valence-corrected chi connectivity index (χ2v) is 3.87. The van der Waals surface area contributed by atoms with Gasteiger partial charge in [-0.05, 0) is 18.2 Å². The summed E-state index contributed by atoms with van der Waals surface area (Å²) in [6.45, 7) is 0. The summed E-state index contributed by atoms with van der Waals surface area (Å²) >= 11 is 9.02. The molecule has 0 saturated carbocycles. The van der Waals surface area contributed by atoms with Crippen molar-refractivity contribution >= 4 is 45.0 Å². The van der Waals surface area contributed by atoms with E-state index < -0.39 is 11.8 Å². The second-order valence-electron chi connectivity index (χ2n) is 2.55. The quantitative estimate of drug-likeness (QED) is 0.313. The Labute approximate surface area is 99.1 Å². The van der Waals surface area contributed by atoms with Crippen LogP contribution in [0.2, 0.25) is 5.02 Å². The number of nitrogens with one attached hydrogen (secondary N) is 2. The number of hydrazine groups is 1. The fourth-order valence-electron chi connectivity index (χ4n) is 0.835. The zero-order valence-electron chi connectivity index (χ0n) is 7.38. The van der Waals surface area contributed by atoms with E-state index in [2.05, 4.69) is 21.2 Å². The summed E-state index contributed by atoms with van der Waals surface area (Å²) in [6, 6.07) is 4.84. The first-order valence-corrected chi connectivity index (χ1v) is 4.98. The molecule has 1 aromatic rings. The van der Waals surface area contributed by atoms with E-state index in [9.17, 15) is 9.59 Å². The number of nitrogens with two attached hydrogens (primary N) is 1. The molecule has 0 radical (unpaired) electrons. The minimum atomic E-state index is -0.936. The molecule has 0 aromatic heterocycles. The van der Waals surface area contributed by atoms with E-state index in [1.165, 1.54) is 0 Å². The molecule has 0 aliphatic rings. The zero-order chi connectivity index (χ0) is 11.4. The van der Waals surface area contributed by atoms with E-state index in [1.54, 1.807) is 23.6 Å².